The second-order valence-electron chi connectivity index (χ2n) is 7.83. The Labute approximate surface area is 161 Å². The van der Waals surface area contributed by atoms with Crippen molar-refractivity contribution in [3.05, 3.63) is 29.3 Å². The summed E-state index contributed by atoms with van der Waals surface area (Å²) >= 11 is 0. The van der Waals surface area contributed by atoms with Crippen LogP contribution in [0.15, 0.2) is 12.1 Å². The van der Waals surface area contributed by atoms with Gasteiger partial charge in [0.2, 0.25) is 5.82 Å². The maximum Gasteiger partial charge on any atom is 0.200 e. The zero-order chi connectivity index (χ0) is 19.2. The van der Waals surface area contributed by atoms with Crippen molar-refractivity contribution in [1.82, 2.24) is 0 Å². The van der Waals surface area contributed by atoms with E-state index in [9.17, 15) is 8.78 Å². The third-order valence-electron chi connectivity index (χ3n) is 6.01. The van der Waals surface area contributed by atoms with E-state index >= 15 is 0 Å². The molecule has 3 rings (SSSR count). The van der Waals surface area contributed by atoms with Crippen molar-refractivity contribution in [2.45, 2.75) is 76.9 Å². The number of benzene rings is 1. The van der Waals surface area contributed by atoms with Gasteiger partial charge in [-0.15, -0.1) is 0 Å². The van der Waals surface area contributed by atoms with Crippen molar-refractivity contribution in [1.29, 1.82) is 0 Å². The second-order valence-corrected chi connectivity index (χ2v) is 7.83. The molecule has 1 saturated heterocycles. The first kappa shape index (κ1) is 20.5. The van der Waals surface area contributed by atoms with Crippen LogP contribution in [0.4, 0.5) is 8.78 Å². The maximum atomic E-state index is 14.4. The molecule has 2 unspecified atom stereocenters. The van der Waals surface area contributed by atoms with Crippen LogP contribution in [-0.4, -0.2) is 32.0 Å². The van der Waals surface area contributed by atoms with E-state index in [4.69, 9.17) is 14.2 Å². The van der Waals surface area contributed by atoms with E-state index in [1.54, 1.807) is 19.1 Å². The number of ether oxygens (including phenoxy) is 3. The minimum absolute atomic E-state index is 0.000786. The zero-order valence-corrected chi connectivity index (χ0v) is 16.5. The van der Waals surface area contributed by atoms with Crippen LogP contribution >= 0.6 is 0 Å². The van der Waals surface area contributed by atoms with E-state index < -0.39 is 11.6 Å². The molecule has 0 N–H and O–H groups in total. The summed E-state index contributed by atoms with van der Waals surface area (Å²) in [4.78, 5) is 0. The first-order valence-corrected chi connectivity index (χ1v) is 10.5. The Balaban J connectivity index is 1.46. The molecular weight excluding hydrogens is 350 g/mol. The van der Waals surface area contributed by atoms with Gasteiger partial charge in [0, 0.05) is 6.61 Å². The molecule has 1 heterocycles. The molecule has 152 valence electrons. The number of rotatable bonds is 7. The van der Waals surface area contributed by atoms with Crippen LogP contribution in [0.2, 0.25) is 0 Å². The Kier molecular flexibility index (Phi) is 7.48. The topological polar surface area (TPSA) is 27.7 Å². The molecule has 0 spiro atoms. The van der Waals surface area contributed by atoms with Gasteiger partial charge in [-0.25, -0.2) is 4.39 Å². The first-order chi connectivity index (χ1) is 13.1. The highest BCUT2D eigenvalue weighted by Crippen LogP contribution is 2.39. The number of halogens is 2. The first-order valence-electron chi connectivity index (χ1n) is 10.5. The molecule has 27 heavy (non-hydrogen) atoms. The molecule has 0 bridgehead atoms. The fourth-order valence-electron chi connectivity index (χ4n) is 4.28. The molecule has 1 saturated carbocycles. The van der Waals surface area contributed by atoms with Crippen LogP contribution in [0.3, 0.4) is 0 Å². The fraction of sp³-hybridized carbons (Fsp3) is 0.727. The van der Waals surface area contributed by atoms with E-state index in [-0.39, 0.29) is 17.8 Å². The minimum Gasteiger partial charge on any atom is -0.491 e. The lowest BCUT2D eigenvalue weighted by atomic mass is 9.78. The van der Waals surface area contributed by atoms with Crippen LogP contribution in [0, 0.1) is 17.6 Å². The van der Waals surface area contributed by atoms with Gasteiger partial charge in [0.25, 0.3) is 0 Å². The average Bonchev–Trinajstić information content (AvgIpc) is 2.71. The van der Waals surface area contributed by atoms with Gasteiger partial charge in [0.05, 0.1) is 25.4 Å². The highest BCUT2D eigenvalue weighted by Gasteiger charge is 2.28. The molecule has 2 atom stereocenters. The Morgan fingerprint density at radius 3 is 2.41 bits per heavy atom. The molecule has 1 aromatic carbocycles. The minimum atomic E-state index is -0.859. The molecule has 0 radical (unpaired) electrons. The summed E-state index contributed by atoms with van der Waals surface area (Å²) < 4.78 is 45.6. The van der Waals surface area contributed by atoms with Gasteiger partial charge in [-0.1, -0.05) is 13.0 Å². The molecular formula is C22H32F2O3. The van der Waals surface area contributed by atoms with Crippen molar-refractivity contribution >= 4 is 0 Å². The Morgan fingerprint density at radius 2 is 1.78 bits per heavy atom. The van der Waals surface area contributed by atoms with Gasteiger partial charge in [0.15, 0.2) is 11.6 Å². The number of hydrogen-bond acceptors (Lipinski definition) is 3. The van der Waals surface area contributed by atoms with Gasteiger partial charge < -0.3 is 14.2 Å². The lowest BCUT2D eigenvalue weighted by molar-refractivity contribution is -0.0945. The smallest absolute Gasteiger partial charge is 0.200 e. The zero-order valence-electron chi connectivity index (χ0n) is 16.5. The van der Waals surface area contributed by atoms with E-state index in [1.807, 2.05) is 0 Å². The summed E-state index contributed by atoms with van der Waals surface area (Å²) in [5, 5.41) is 0. The van der Waals surface area contributed by atoms with Gasteiger partial charge >= 0.3 is 0 Å². The van der Waals surface area contributed by atoms with E-state index in [2.05, 4.69) is 6.92 Å². The molecule has 2 aliphatic rings. The Bertz CT molecular complexity index is 591. The lowest BCUT2D eigenvalue weighted by Gasteiger charge is -2.32. The second kappa shape index (κ2) is 9.83. The lowest BCUT2D eigenvalue weighted by Crippen LogP contribution is -2.32. The summed E-state index contributed by atoms with van der Waals surface area (Å²) in [5.74, 6) is -1.02. The van der Waals surface area contributed by atoms with Gasteiger partial charge in [-0.05, 0) is 75.3 Å². The summed E-state index contributed by atoms with van der Waals surface area (Å²) in [7, 11) is 0. The monoisotopic (exact) mass is 382 g/mol. The van der Waals surface area contributed by atoms with Crippen molar-refractivity contribution in [2.75, 3.05) is 19.8 Å². The predicted molar refractivity (Wildman–Crippen MR) is 101 cm³/mol. The van der Waals surface area contributed by atoms with E-state index in [0.717, 1.165) is 51.6 Å². The Hall–Kier alpha value is -1.20. The molecule has 1 aromatic rings. The van der Waals surface area contributed by atoms with Crippen LogP contribution in [0.1, 0.15) is 70.3 Å². The highest BCUT2D eigenvalue weighted by atomic mass is 19.2. The maximum absolute atomic E-state index is 14.4. The summed E-state index contributed by atoms with van der Waals surface area (Å²) in [6, 6.07) is 3.24. The quantitative estimate of drug-likeness (QED) is 0.613. The van der Waals surface area contributed by atoms with Crippen molar-refractivity contribution in [2.24, 2.45) is 5.92 Å². The van der Waals surface area contributed by atoms with E-state index in [1.165, 1.54) is 0 Å². The average molecular weight is 382 g/mol. The Morgan fingerprint density at radius 1 is 1.00 bits per heavy atom. The molecule has 3 nitrogen and oxygen atoms in total. The van der Waals surface area contributed by atoms with Crippen molar-refractivity contribution < 1.29 is 23.0 Å². The number of hydrogen-bond donors (Lipinski definition) is 0. The molecule has 0 amide bonds. The standard InChI is InChI=1S/C22H32F2O3/c1-3-17-9-10-18(14-27-17)26-13-15-5-7-16(8-6-15)19-11-12-20(25-4-2)22(24)21(19)23/h11-12,15-18H,3-10,13-14H2,1-2H3. The summed E-state index contributed by atoms with van der Waals surface area (Å²) in [5.41, 5.74) is 0.488. The summed E-state index contributed by atoms with van der Waals surface area (Å²) in [6.45, 7) is 5.69. The predicted octanol–water partition coefficient (Wildman–Crippen LogP) is 5.61. The summed E-state index contributed by atoms with van der Waals surface area (Å²) in [6.07, 6.45) is 7.55. The van der Waals surface area contributed by atoms with E-state index in [0.29, 0.717) is 30.8 Å². The molecule has 2 fully saturated rings. The third-order valence-corrected chi connectivity index (χ3v) is 6.01. The SMILES string of the molecule is CCOc1ccc(C2CCC(COC3CCC(CC)OC3)CC2)c(F)c1F. The van der Waals surface area contributed by atoms with Gasteiger partial charge in [-0.3, -0.25) is 0 Å². The normalized spacial score (nSPS) is 28.9. The van der Waals surface area contributed by atoms with Crippen LogP contribution in [0.5, 0.6) is 5.75 Å². The van der Waals surface area contributed by atoms with Gasteiger partial charge in [0.1, 0.15) is 0 Å². The molecule has 0 aromatic heterocycles. The third kappa shape index (κ3) is 5.20. The van der Waals surface area contributed by atoms with Crippen LogP contribution < -0.4 is 4.74 Å². The van der Waals surface area contributed by atoms with Crippen molar-refractivity contribution in [3.63, 3.8) is 0 Å². The van der Waals surface area contributed by atoms with Crippen molar-refractivity contribution in [3.8, 4) is 5.75 Å². The van der Waals surface area contributed by atoms with Crippen LogP contribution in [0.25, 0.3) is 0 Å². The fourth-order valence-corrected chi connectivity index (χ4v) is 4.28. The molecule has 1 aliphatic heterocycles. The van der Waals surface area contributed by atoms with Crippen LogP contribution in [-0.2, 0) is 9.47 Å². The molecule has 5 heteroatoms. The largest absolute Gasteiger partial charge is 0.491 e. The molecule has 1 aliphatic carbocycles. The van der Waals surface area contributed by atoms with Gasteiger partial charge in [-0.2, -0.15) is 4.39 Å². The highest BCUT2D eigenvalue weighted by molar-refractivity contribution is 5.33.